The molecule has 2 aromatic rings. The molecule has 0 saturated carbocycles. The van der Waals surface area contributed by atoms with Gasteiger partial charge in [-0.15, -0.1) is 0 Å². The number of methoxy groups -OCH3 is 1. The van der Waals surface area contributed by atoms with Gasteiger partial charge >= 0.3 is 6.03 Å². The Morgan fingerprint density at radius 3 is 2.72 bits per heavy atom. The molecule has 0 radical (unpaired) electrons. The van der Waals surface area contributed by atoms with Gasteiger partial charge in [-0.1, -0.05) is 24.3 Å². The Kier molecular flexibility index (Phi) is 5.43. The lowest BCUT2D eigenvalue weighted by Gasteiger charge is -2.15. The van der Waals surface area contributed by atoms with Gasteiger partial charge < -0.3 is 20.1 Å². The van der Waals surface area contributed by atoms with Crippen molar-refractivity contribution in [2.75, 3.05) is 13.7 Å². The molecular weight excluding hydrogens is 316 g/mol. The molecule has 0 bridgehead atoms. The fourth-order valence-corrected chi connectivity index (χ4v) is 2.97. The molecule has 1 heterocycles. The zero-order valence-electron chi connectivity index (χ0n) is 14.7. The van der Waals surface area contributed by atoms with Crippen LogP contribution in [0.4, 0.5) is 4.79 Å². The van der Waals surface area contributed by atoms with Gasteiger partial charge in [0, 0.05) is 19.0 Å². The predicted molar refractivity (Wildman–Crippen MR) is 97.2 cm³/mol. The van der Waals surface area contributed by atoms with Crippen molar-refractivity contribution in [1.29, 1.82) is 0 Å². The second kappa shape index (κ2) is 7.92. The Labute approximate surface area is 148 Å². The van der Waals surface area contributed by atoms with E-state index in [0.717, 1.165) is 36.5 Å². The molecule has 0 spiro atoms. The maximum atomic E-state index is 12.1. The van der Waals surface area contributed by atoms with Crippen molar-refractivity contribution in [3.63, 3.8) is 0 Å². The summed E-state index contributed by atoms with van der Waals surface area (Å²) in [5, 5.41) is 5.87. The van der Waals surface area contributed by atoms with E-state index in [1.165, 1.54) is 11.1 Å². The van der Waals surface area contributed by atoms with E-state index in [-0.39, 0.29) is 12.1 Å². The first-order valence-electron chi connectivity index (χ1n) is 8.56. The number of benzene rings is 2. The number of urea groups is 1. The van der Waals surface area contributed by atoms with Crippen LogP contribution in [-0.4, -0.2) is 25.8 Å². The third-order valence-corrected chi connectivity index (χ3v) is 4.29. The van der Waals surface area contributed by atoms with Crippen LogP contribution < -0.4 is 20.1 Å². The molecule has 25 heavy (non-hydrogen) atoms. The third kappa shape index (κ3) is 4.66. The second-order valence-electron chi connectivity index (χ2n) is 6.32. The summed E-state index contributed by atoms with van der Waals surface area (Å²) >= 11 is 0. The molecule has 132 valence electrons. The number of fused-ring (bicyclic) bond motifs is 1. The summed E-state index contributed by atoms with van der Waals surface area (Å²) in [7, 11) is 1.64. The van der Waals surface area contributed by atoms with Crippen LogP contribution in [0.25, 0.3) is 0 Å². The van der Waals surface area contributed by atoms with E-state index >= 15 is 0 Å². The van der Waals surface area contributed by atoms with Crippen molar-refractivity contribution in [2.24, 2.45) is 0 Å². The van der Waals surface area contributed by atoms with Crippen LogP contribution in [0.15, 0.2) is 42.5 Å². The Bertz CT molecular complexity index is 728. The van der Waals surface area contributed by atoms with Crippen molar-refractivity contribution in [2.45, 2.75) is 32.4 Å². The third-order valence-electron chi connectivity index (χ3n) is 4.29. The SMILES string of the molecule is COc1ccc(CNC(=O)NC(C)Cc2ccc3c(c2)CCO3)cc1. The fourth-order valence-electron chi connectivity index (χ4n) is 2.97. The number of carbonyl (C=O) groups excluding carboxylic acids is 1. The zero-order chi connectivity index (χ0) is 17.6. The highest BCUT2D eigenvalue weighted by Crippen LogP contribution is 2.26. The molecule has 1 atom stereocenters. The minimum Gasteiger partial charge on any atom is -0.497 e. The van der Waals surface area contributed by atoms with E-state index in [9.17, 15) is 4.79 Å². The number of rotatable bonds is 6. The summed E-state index contributed by atoms with van der Waals surface area (Å²) in [6, 6.07) is 13.8. The van der Waals surface area contributed by atoms with Gasteiger partial charge in [-0.25, -0.2) is 4.79 Å². The van der Waals surface area contributed by atoms with Crippen LogP contribution in [0.1, 0.15) is 23.6 Å². The lowest BCUT2D eigenvalue weighted by molar-refractivity contribution is 0.237. The van der Waals surface area contributed by atoms with Crippen LogP contribution >= 0.6 is 0 Å². The number of carbonyl (C=O) groups is 1. The van der Waals surface area contributed by atoms with Crippen LogP contribution in [0.3, 0.4) is 0 Å². The first-order valence-corrected chi connectivity index (χ1v) is 8.56. The maximum absolute atomic E-state index is 12.1. The summed E-state index contributed by atoms with van der Waals surface area (Å²) in [5.74, 6) is 1.79. The summed E-state index contributed by atoms with van der Waals surface area (Å²) in [5.41, 5.74) is 3.50. The van der Waals surface area contributed by atoms with E-state index < -0.39 is 0 Å². The van der Waals surface area contributed by atoms with E-state index in [2.05, 4.69) is 22.8 Å². The molecule has 0 fully saturated rings. The number of nitrogens with one attached hydrogen (secondary N) is 2. The van der Waals surface area contributed by atoms with Gasteiger partial charge in [0.2, 0.25) is 0 Å². The lowest BCUT2D eigenvalue weighted by atomic mass is 10.0. The van der Waals surface area contributed by atoms with Gasteiger partial charge in [0.05, 0.1) is 13.7 Å². The molecule has 0 saturated heterocycles. The number of hydrogen-bond acceptors (Lipinski definition) is 3. The Morgan fingerprint density at radius 2 is 1.96 bits per heavy atom. The molecule has 0 aromatic heterocycles. The van der Waals surface area contributed by atoms with Crippen molar-refractivity contribution < 1.29 is 14.3 Å². The monoisotopic (exact) mass is 340 g/mol. The molecule has 5 heteroatoms. The quantitative estimate of drug-likeness (QED) is 0.850. The van der Waals surface area contributed by atoms with Crippen molar-refractivity contribution in [1.82, 2.24) is 10.6 Å². The number of hydrogen-bond donors (Lipinski definition) is 2. The van der Waals surface area contributed by atoms with E-state index in [4.69, 9.17) is 9.47 Å². The lowest BCUT2D eigenvalue weighted by Crippen LogP contribution is -2.41. The molecule has 0 aliphatic carbocycles. The van der Waals surface area contributed by atoms with E-state index in [1.807, 2.05) is 37.3 Å². The van der Waals surface area contributed by atoms with Crippen LogP contribution in [0, 0.1) is 0 Å². The summed E-state index contributed by atoms with van der Waals surface area (Å²) in [6.07, 6.45) is 1.76. The van der Waals surface area contributed by atoms with Gasteiger partial charge in [0.25, 0.3) is 0 Å². The van der Waals surface area contributed by atoms with Crippen LogP contribution in [-0.2, 0) is 19.4 Å². The molecule has 1 aliphatic rings. The molecular formula is C20H24N2O3. The molecule has 3 rings (SSSR count). The standard InChI is InChI=1S/C20H24N2O3/c1-14(11-16-5-8-19-17(12-16)9-10-25-19)22-20(23)21-13-15-3-6-18(24-2)7-4-15/h3-8,12,14H,9-11,13H2,1-2H3,(H2,21,22,23). The van der Waals surface area contributed by atoms with Gasteiger partial charge in [-0.2, -0.15) is 0 Å². The Morgan fingerprint density at radius 1 is 1.20 bits per heavy atom. The summed E-state index contributed by atoms with van der Waals surface area (Å²) in [6.45, 7) is 3.26. The van der Waals surface area contributed by atoms with Crippen LogP contribution in [0.2, 0.25) is 0 Å². The van der Waals surface area contributed by atoms with Crippen molar-refractivity contribution in [3.05, 3.63) is 59.2 Å². The number of amides is 2. The topological polar surface area (TPSA) is 59.6 Å². The molecule has 1 unspecified atom stereocenters. The zero-order valence-corrected chi connectivity index (χ0v) is 14.7. The molecule has 2 amide bonds. The highest BCUT2D eigenvalue weighted by Gasteiger charge is 2.14. The highest BCUT2D eigenvalue weighted by atomic mass is 16.5. The summed E-state index contributed by atoms with van der Waals surface area (Å²) < 4.78 is 10.6. The van der Waals surface area contributed by atoms with E-state index in [1.54, 1.807) is 7.11 Å². The van der Waals surface area contributed by atoms with Gasteiger partial charge in [0.1, 0.15) is 11.5 Å². The first-order chi connectivity index (χ1) is 12.1. The second-order valence-corrected chi connectivity index (χ2v) is 6.32. The fraction of sp³-hybridized carbons (Fsp3) is 0.350. The van der Waals surface area contributed by atoms with Gasteiger partial charge in [-0.3, -0.25) is 0 Å². The molecule has 5 nitrogen and oxygen atoms in total. The number of ether oxygens (including phenoxy) is 2. The van der Waals surface area contributed by atoms with Crippen molar-refractivity contribution >= 4 is 6.03 Å². The Hall–Kier alpha value is -2.69. The maximum Gasteiger partial charge on any atom is 0.315 e. The minimum absolute atomic E-state index is 0.0521. The molecule has 1 aliphatic heterocycles. The average Bonchev–Trinajstić information content (AvgIpc) is 3.08. The highest BCUT2D eigenvalue weighted by molar-refractivity contribution is 5.74. The van der Waals surface area contributed by atoms with E-state index in [0.29, 0.717) is 6.54 Å². The largest absolute Gasteiger partial charge is 0.497 e. The Balaban J connectivity index is 1.45. The normalized spacial score (nSPS) is 13.5. The first kappa shape index (κ1) is 17.1. The predicted octanol–water partition coefficient (Wildman–Crippen LogP) is 3.06. The minimum atomic E-state index is -0.159. The average molecular weight is 340 g/mol. The molecule has 2 N–H and O–H groups in total. The van der Waals surface area contributed by atoms with Gasteiger partial charge in [0.15, 0.2) is 0 Å². The van der Waals surface area contributed by atoms with Crippen LogP contribution in [0.5, 0.6) is 11.5 Å². The van der Waals surface area contributed by atoms with Gasteiger partial charge in [-0.05, 0) is 48.2 Å². The molecule has 2 aromatic carbocycles. The smallest absolute Gasteiger partial charge is 0.315 e. The summed E-state index contributed by atoms with van der Waals surface area (Å²) in [4.78, 5) is 12.1. The van der Waals surface area contributed by atoms with Crippen molar-refractivity contribution in [3.8, 4) is 11.5 Å².